The molecule has 0 aliphatic carbocycles. The Hall–Kier alpha value is -4.52. The van der Waals surface area contributed by atoms with Crippen LogP contribution in [-0.2, 0) is 11.8 Å². The van der Waals surface area contributed by atoms with Gasteiger partial charge in [-0.2, -0.15) is 10.1 Å². The van der Waals surface area contributed by atoms with E-state index in [2.05, 4.69) is 25.4 Å². The average Bonchev–Trinajstić information content (AvgIpc) is 3.63. The maximum Gasteiger partial charge on any atom is 0.298 e. The van der Waals surface area contributed by atoms with Crippen LogP contribution < -0.4 is 16.0 Å². The number of aromatic nitrogens is 5. The predicted octanol–water partition coefficient (Wildman–Crippen LogP) is 2.05. The molecular formula is C26H29N9O4. The number of amides is 2. The maximum absolute atomic E-state index is 13.1. The van der Waals surface area contributed by atoms with E-state index in [1.165, 1.54) is 0 Å². The maximum atomic E-state index is 13.1. The molecule has 2 aliphatic heterocycles. The Kier molecular flexibility index (Phi) is 6.35. The van der Waals surface area contributed by atoms with E-state index in [1.807, 2.05) is 15.9 Å². The molecule has 2 aliphatic rings. The molecule has 0 saturated carbocycles. The molecule has 6 rings (SSSR count). The molecule has 3 aromatic heterocycles. The van der Waals surface area contributed by atoms with Gasteiger partial charge in [0.1, 0.15) is 5.52 Å². The average molecular weight is 532 g/mol. The Morgan fingerprint density at radius 1 is 1.23 bits per heavy atom. The standard InChI is InChI=1S/C26H29N9O4/c1-33-13-17(9-29-33)30-24-22(23(27)36)31-20(10-28-24)16-11-34(12-16)26-32-19-6-5-15(8-21(19)39-26)25(37)35-7-3-4-18(35)14-38-2/h5-6,8-10,13,16,18H,3-4,7,11-12,14H2,1-2H3,(H2,27,36)(H,28,30)/t18-/m1/s1. The molecule has 2 amide bonds. The van der Waals surface area contributed by atoms with E-state index in [9.17, 15) is 9.59 Å². The zero-order valence-corrected chi connectivity index (χ0v) is 21.7. The molecular weight excluding hydrogens is 502 g/mol. The first-order valence-corrected chi connectivity index (χ1v) is 12.8. The Morgan fingerprint density at radius 3 is 2.82 bits per heavy atom. The summed E-state index contributed by atoms with van der Waals surface area (Å²) in [5.41, 5.74) is 8.81. The van der Waals surface area contributed by atoms with Crippen molar-refractivity contribution in [3.8, 4) is 0 Å². The highest BCUT2D eigenvalue weighted by Crippen LogP contribution is 2.33. The van der Waals surface area contributed by atoms with Crippen molar-refractivity contribution in [2.45, 2.75) is 24.8 Å². The Morgan fingerprint density at radius 2 is 2.08 bits per heavy atom. The van der Waals surface area contributed by atoms with E-state index in [0.29, 0.717) is 53.8 Å². The third-order valence-corrected chi connectivity index (χ3v) is 7.18. The fourth-order valence-electron chi connectivity index (χ4n) is 5.12. The van der Waals surface area contributed by atoms with Gasteiger partial charge in [0.15, 0.2) is 17.1 Å². The van der Waals surface area contributed by atoms with Crippen LogP contribution in [0.15, 0.2) is 41.2 Å². The van der Waals surface area contributed by atoms with Crippen molar-refractivity contribution < 1.29 is 18.7 Å². The molecule has 0 bridgehead atoms. The number of oxazole rings is 1. The number of hydrogen-bond acceptors (Lipinski definition) is 10. The number of nitrogens with zero attached hydrogens (tertiary/aromatic N) is 7. The van der Waals surface area contributed by atoms with Crippen molar-refractivity contribution in [3.63, 3.8) is 0 Å². The molecule has 0 unspecified atom stereocenters. The number of hydrogen-bond donors (Lipinski definition) is 2. The van der Waals surface area contributed by atoms with Gasteiger partial charge in [0, 0.05) is 51.5 Å². The van der Waals surface area contributed by atoms with Gasteiger partial charge in [-0.3, -0.25) is 14.3 Å². The highest BCUT2D eigenvalue weighted by molar-refractivity contribution is 5.97. The summed E-state index contributed by atoms with van der Waals surface area (Å²) in [6, 6.07) is 5.93. The highest BCUT2D eigenvalue weighted by Gasteiger charge is 2.34. The zero-order chi connectivity index (χ0) is 27.1. The second-order valence-electron chi connectivity index (χ2n) is 9.91. The lowest BCUT2D eigenvalue weighted by molar-refractivity contribution is 0.0630. The molecule has 4 aromatic rings. The van der Waals surface area contributed by atoms with Crippen LogP contribution in [-0.4, -0.2) is 80.8 Å². The van der Waals surface area contributed by atoms with Crippen molar-refractivity contribution in [1.29, 1.82) is 0 Å². The summed E-state index contributed by atoms with van der Waals surface area (Å²) in [5, 5.41) is 7.13. The van der Waals surface area contributed by atoms with Gasteiger partial charge in [0.05, 0.1) is 36.4 Å². The van der Waals surface area contributed by atoms with Crippen LogP contribution in [0, 0.1) is 0 Å². The van der Waals surface area contributed by atoms with Crippen molar-refractivity contribution >= 4 is 40.4 Å². The number of carbonyl (C=O) groups excluding carboxylic acids is 2. The Balaban J connectivity index is 1.14. The second kappa shape index (κ2) is 9.98. The number of aryl methyl sites for hydroxylation is 1. The van der Waals surface area contributed by atoms with E-state index in [-0.39, 0.29) is 29.4 Å². The van der Waals surface area contributed by atoms with Crippen LogP contribution in [0.2, 0.25) is 0 Å². The molecule has 0 spiro atoms. The molecule has 2 fully saturated rings. The lowest BCUT2D eigenvalue weighted by atomic mass is 9.97. The SMILES string of the molecule is COC[C@H]1CCCN1C(=O)c1ccc2nc(N3CC(c4cnc(Nc5cnn(C)c5)c(C(N)=O)n4)C3)oc2c1. The van der Waals surface area contributed by atoms with E-state index in [4.69, 9.17) is 14.9 Å². The number of nitrogens with one attached hydrogen (secondary N) is 1. The number of ether oxygens (including phenoxy) is 1. The summed E-state index contributed by atoms with van der Waals surface area (Å²) in [4.78, 5) is 42.6. The largest absolute Gasteiger partial charge is 0.423 e. The van der Waals surface area contributed by atoms with Gasteiger partial charge in [0.25, 0.3) is 17.8 Å². The number of anilines is 3. The molecule has 1 aromatic carbocycles. The number of benzene rings is 1. The van der Waals surface area contributed by atoms with Gasteiger partial charge in [-0.25, -0.2) is 9.97 Å². The van der Waals surface area contributed by atoms with Gasteiger partial charge in [-0.15, -0.1) is 0 Å². The van der Waals surface area contributed by atoms with Crippen LogP contribution >= 0.6 is 0 Å². The van der Waals surface area contributed by atoms with E-state index in [0.717, 1.165) is 19.4 Å². The summed E-state index contributed by atoms with van der Waals surface area (Å²) >= 11 is 0. The first kappa shape index (κ1) is 24.8. The number of methoxy groups -OCH3 is 1. The molecule has 13 heteroatoms. The fraction of sp³-hybridized carbons (Fsp3) is 0.385. The molecule has 2 saturated heterocycles. The monoisotopic (exact) mass is 531 g/mol. The van der Waals surface area contributed by atoms with Gasteiger partial charge >= 0.3 is 0 Å². The summed E-state index contributed by atoms with van der Waals surface area (Å²) in [6.07, 6.45) is 6.94. The minimum Gasteiger partial charge on any atom is -0.423 e. The molecule has 39 heavy (non-hydrogen) atoms. The minimum absolute atomic E-state index is 0.0243. The Bertz CT molecular complexity index is 1540. The number of likely N-dealkylation sites (tertiary alicyclic amines) is 1. The lowest BCUT2D eigenvalue weighted by Gasteiger charge is -2.37. The first-order chi connectivity index (χ1) is 18.9. The number of nitrogens with two attached hydrogens (primary N) is 1. The highest BCUT2D eigenvalue weighted by atomic mass is 16.5. The number of rotatable bonds is 8. The van der Waals surface area contributed by atoms with Crippen molar-refractivity contribution in [3.05, 3.63) is 53.7 Å². The number of primary amides is 1. The van der Waals surface area contributed by atoms with Crippen LogP contribution in [0.1, 0.15) is 45.3 Å². The van der Waals surface area contributed by atoms with Crippen LogP contribution in [0.3, 0.4) is 0 Å². The number of carbonyl (C=O) groups is 2. The van der Waals surface area contributed by atoms with Gasteiger partial charge in [-0.1, -0.05) is 0 Å². The fourth-order valence-corrected chi connectivity index (χ4v) is 5.12. The molecule has 1 atom stereocenters. The van der Waals surface area contributed by atoms with Gasteiger partial charge in [0.2, 0.25) is 0 Å². The number of fused-ring (bicyclic) bond motifs is 1. The van der Waals surface area contributed by atoms with Crippen LogP contribution in [0.5, 0.6) is 0 Å². The summed E-state index contributed by atoms with van der Waals surface area (Å²) in [5.74, 6) is -0.382. The van der Waals surface area contributed by atoms with Crippen molar-refractivity contribution in [2.24, 2.45) is 12.8 Å². The predicted molar refractivity (Wildman–Crippen MR) is 142 cm³/mol. The van der Waals surface area contributed by atoms with Crippen molar-refractivity contribution in [1.82, 2.24) is 29.6 Å². The smallest absolute Gasteiger partial charge is 0.298 e. The molecule has 202 valence electrons. The van der Waals surface area contributed by atoms with E-state index < -0.39 is 5.91 Å². The molecule has 0 radical (unpaired) electrons. The normalized spacial score (nSPS) is 17.5. The van der Waals surface area contributed by atoms with Crippen molar-refractivity contribution in [2.75, 3.05) is 43.6 Å². The molecule has 3 N–H and O–H groups in total. The van der Waals surface area contributed by atoms with Crippen LogP contribution in [0.25, 0.3) is 11.1 Å². The van der Waals surface area contributed by atoms with Gasteiger partial charge in [-0.05, 0) is 31.0 Å². The van der Waals surface area contributed by atoms with Gasteiger partial charge < -0.3 is 30.0 Å². The topological polar surface area (TPSA) is 158 Å². The Labute approximate surface area is 224 Å². The summed E-state index contributed by atoms with van der Waals surface area (Å²) in [6.45, 7) is 2.44. The lowest BCUT2D eigenvalue weighted by Crippen LogP contribution is -2.45. The first-order valence-electron chi connectivity index (χ1n) is 12.8. The third-order valence-electron chi connectivity index (χ3n) is 7.18. The molecule has 13 nitrogen and oxygen atoms in total. The third kappa shape index (κ3) is 4.76. The summed E-state index contributed by atoms with van der Waals surface area (Å²) in [7, 11) is 3.45. The quantitative estimate of drug-likeness (QED) is 0.345. The molecule has 5 heterocycles. The van der Waals surface area contributed by atoms with E-state index >= 15 is 0 Å². The van der Waals surface area contributed by atoms with E-state index in [1.54, 1.807) is 49.6 Å². The minimum atomic E-state index is -0.668. The zero-order valence-electron chi connectivity index (χ0n) is 21.7. The summed E-state index contributed by atoms with van der Waals surface area (Å²) < 4.78 is 12.9. The van der Waals surface area contributed by atoms with Crippen LogP contribution in [0.4, 0.5) is 17.5 Å². The second-order valence-corrected chi connectivity index (χ2v) is 9.91.